The van der Waals surface area contributed by atoms with E-state index in [2.05, 4.69) is 0 Å². The molecule has 1 aliphatic rings. The van der Waals surface area contributed by atoms with Crippen LogP contribution in [0.4, 0.5) is 0 Å². The van der Waals surface area contributed by atoms with E-state index in [4.69, 9.17) is 9.84 Å². The van der Waals surface area contributed by atoms with E-state index in [1.807, 2.05) is 20.8 Å². The summed E-state index contributed by atoms with van der Waals surface area (Å²) in [6, 6.07) is -0.450. The topological polar surface area (TPSA) is 70.1 Å². The van der Waals surface area contributed by atoms with Crippen LogP contribution in [-0.2, 0) is 14.3 Å². The smallest absolute Gasteiger partial charge is 0.317 e. The Morgan fingerprint density at radius 2 is 1.84 bits per heavy atom. The van der Waals surface area contributed by atoms with Crippen LogP contribution in [0.2, 0.25) is 0 Å². The standard InChI is InChI=1S/C13H24N2O4/c1-10(12(18)14-5-7-19-8-6-14)15(9-11(16)17)13(2,3)4/h10H,5-9H2,1-4H3,(H,16,17). The molecule has 0 aliphatic carbocycles. The molecule has 0 spiro atoms. The summed E-state index contributed by atoms with van der Waals surface area (Å²) >= 11 is 0. The van der Waals surface area contributed by atoms with Gasteiger partial charge in [-0.25, -0.2) is 0 Å². The minimum atomic E-state index is -0.920. The van der Waals surface area contributed by atoms with E-state index in [9.17, 15) is 9.59 Å². The summed E-state index contributed by atoms with van der Waals surface area (Å²) < 4.78 is 5.22. The molecule has 1 aliphatic heterocycles. The lowest BCUT2D eigenvalue weighted by Crippen LogP contribution is -2.57. The molecule has 19 heavy (non-hydrogen) atoms. The zero-order valence-corrected chi connectivity index (χ0v) is 12.2. The lowest BCUT2D eigenvalue weighted by atomic mass is 10.0. The van der Waals surface area contributed by atoms with Gasteiger partial charge in [0.05, 0.1) is 25.8 Å². The van der Waals surface area contributed by atoms with E-state index in [-0.39, 0.29) is 18.0 Å². The van der Waals surface area contributed by atoms with Crippen LogP contribution >= 0.6 is 0 Å². The van der Waals surface area contributed by atoms with Crippen molar-refractivity contribution in [2.45, 2.75) is 39.3 Å². The second-order valence-electron chi connectivity index (χ2n) is 5.81. The number of morpholine rings is 1. The molecular formula is C13H24N2O4. The van der Waals surface area contributed by atoms with Crippen molar-refractivity contribution >= 4 is 11.9 Å². The van der Waals surface area contributed by atoms with Crippen molar-refractivity contribution in [3.05, 3.63) is 0 Å². The molecular weight excluding hydrogens is 248 g/mol. The van der Waals surface area contributed by atoms with Gasteiger partial charge in [0.1, 0.15) is 0 Å². The minimum Gasteiger partial charge on any atom is -0.480 e. The lowest BCUT2D eigenvalue weighted by Gasteiger charge is -2.40. The Kier molecular flexibility index (Phi) is 5.31. The van der Waals surface area contributed by atoms with Gasteiger partial charge in [-0.3, -0.25) is 14.5 Å². The van der Waals surface area contributed by atoms with Gasteiger partial charge in [-0.1, -0.05) is 0 Å². The number of rotatable bonds is 4. The number of carboxylic acid groups (broad SMARTS) is 1. The Morgan fingerprint density at radius 3 is 2.26 bits per heavy atom. The molecule has 0 bridgehead atoms. The Labute approximate surface area is 114 Å². The Morgan fingerprint density at radius 1 is 1.32 bits per heavy atom. The molecule has 0 aromatic rings. The van der Waals surface area contributed by atoms with Crippen LogP contribution in [0.5, 0.6) is 0 Å². The van der Waals surface area contributed by atoms with Gasteiger partial charge in [-0.15, -0.1) is 0 Å². The number of amides is 1. The van der Waals surface area contributed by atoms with Crippen LogP contribution in [0.25, 0.3) is 0 Å². The van der Waals surface area contributed by atoms with Crippen molar-refractivity contribution < 1.29 is 19.4 Å². The van der Waals surface area contributed by atoms with E-state index >= 15 is 0 Å². The Balaban J connectivity index is 2.77. The average molecular weight is 272 g/mol. The summed E-state index contributed by atoms with van der Waals surface area (Å²) in [6.45, 7) is 9.63. The first kappa shape index (κ1) is 15.9. The number of carbonyl (C=O) groups excluding carboxylic acids is 1. The fourth-order valence-electron chi connectivity index (χ4n) is 2.28. The predicted molar refractivity (Wildman–Crippen MR) is 71.0 cm³/mol. The number of ether oxygens (including phenoxy) is 1. The molecule has 1 heterocycles. The zero-order valence-electron chi connectivity index (χ0n) is 12.2. The van der Waals surface area contributed by atoms with Crippen LogP contribution in [0, 0.1) is 0 Å². The van der Waals surface area contributed by atoms with Crippen LogP contribution < -0.4 is 0 Å². The third-order valence-electron chi connectivity index (χ3n) is 3.31. The molecule has 6 nitrogen and oxygen atoms in total. The molecule has 1 rings (SSSR count). The third kappa shape index (κ3) is 4.47. The monoisotopic (exact) mass is 272 g/mol. The van der Waals surface area contributed by atoms with Crippen LogP contribution in [0.1, 0.15) is 27.7 Å². The number of hydrogen-bond donors (Lipinski definition) is 1. The van der Waals surface area contributed by atoms with Crippen molar-refractivity contribution in [2.75, 3.05) is 32.8 Å². The predicted octanol–water partition coefficient (Wildman–Crippen LogP) is 0.419. The first-order valence-corrected chi connectivity index (χ1v) is 6.58. The molecule has 0 saturated carbocycles. The number of carboxylic acids is 1. The second kappa shape index (κ2) is 6.34. The Hall–Kier alpha value is -1.14. The van der Waals surface area contributed by atoms with E-state index in [1.165, 1.54) is 0 Å². The van der Waals surface area contributed by atoms with E-state index < -0.39 is 12.0 Å². The molecule has 1 unspecified atom stereocenters. The fraction of sp³-hybridized carbons (Fsp3) is 0.846. The van der Waals surface area contributed by atoms with Crippen LogP contribution in [-0.4, -0.2) is 71.2 Å². The molecule has 0 aromatic carbocycles. The van der Waals surface area contributed by atoms with E-state index in [0.717, 1.165) is 0 Å². The van der Waals surface area contributed by atoms with Gasteiger partial charge < -0.3 is 14.7 Å². The lowest BCUT2D eigenvalue weighted by molar-refractivity contribution is -0.147. The highest BCUT2D eigenvalue weighted by Gasteiger charge is 2.34. The van der Waals surface area contributed by atoms with Crippen molar-refractivity contribution in [2.24, 2.45) is 0 Å². The maximum Gasteiger partial charge on any atom is 0.317 e. The van der Waals surface area contributed by atoms with Gasteiger partial charge in [0.15, 0.2) is 0 Å². The second-order valence-corrected chi connectivity index (χ2v) is 5.81. The third-order valence-corrected chi connectivity index (χ3v) is 3.31. The average Bonchev–Trinajstić information content (AvgIpc) is 2.34. The quantitative estimate of drug-likeness (QED) is 0.803. The van der Waals surface area contributed by atoms with E-state index in [1.54, 1.807) is 16.7 Å². The van der Waals surface area contributed by atoms with Gasteiger partial charge in [0.2, 0.25) is 5.91 Å². The van der Waals surface area contributed by atoms with Gasteiger partial charge >= 0.3 is 5.97 Å². The summed E-state index contributed by atoms with van der Waals surface area (Å²) in [7, 11) is 0. The number of nitrogens with zero attached hydrogens (tertiary/aromatic N) is 2. The maximum absolute atomic E-state index is 12.4. The minimum absolute atomic E-state index is 0.0283. The summed E-state index contributed by atoms with van der Waals surface area (Å²) in [4.78, 5) is 26.8. The molecule has 1 amide bonds. The molecule has 0 aromatic heterocycles. The molecule has 1 atom stereocenters. The normalized spacial score (nSPS) is 18.5. The largest absolute Gasteiger partial charge is 0.480 e. The molecule has 110 valence electrons. The highest BCUT2D eigenvalue weighted by Crippen LogP contribution is 2.18. The van der Waals surface area contributed by atoms with Crippen LogP contribution in [0.15, 0.2) is 0 Å². The SMILES string of the molecule is CC(C(=O)N1CCOCC1)N(CC(=O)O)C(C)(C)C. The Bertz CT molecular complexity index is 332. The first-order valence-electron chi connectivity index (χ1n) is 6.58. The highest BCUT2D eigenvalue weighted by molar-refractivity contribution is 5.82. The molecule has 1 fully saturated rings. The van der Waals surface area contributed by atoms with Crippen molar-refractivity contribution in [3.63, 3.8) is 0 Å². The molecule has 1 saturated heterocycles. The first-order chi connectivity index (χ1) is 8.73. The van der Waals surface area contributed by atoms with Crippen LogP contribution in [0.3, 0.4) is 0 Å². The van der Waals surface area contributed by atoms with Gasteiger partial charge in [-0.2, -0.15) is 0 Å². The molecule has 0 radical (unpaired) electrons. The van der Waals surface area contributed by atoms with E-state index in [0.29, 0.717) is 26.3 Å². The van der Waals surface area contributed by atoms with Gasteiger partial charge in [0.25, 0.3) is 0 Å². The van der Waals surface area contributed by atoms with Crippen molar-refractivity contribution in [1.29, 1.82) is 0 Å². The summed E-state index contributed by atoms with van der Waals surface area (Å²) in [6.07, 6.45) is 0. The fourth-order valence-corrected chi connectivity index (χ4v) is 2.28. The van der Waals surface area contributed by atoms with Crippen molar-refractivity contribution in [3.8, 4) is 0 Å². The van der Waals surface area contributed by atoms with Gasteiger partial charge in [-0.05, 0) is 27.7 Å². The summed E-state index contributed by atoms with van der Waals surface area (Å²) in [5, 5.41) is 9.00. The number of aliphatic carboxylic acids is 1. The number of carbonyl (C=O) groups is 2. The highest BCUT2D eigenvalue weighted by atomic mass is 16.5. The molecule has 6 heteroatoms. The maximum atomic E-state index is 12.4. The molecule has 1 N–H and O–H groups in total. The van der Waals surface area contributed by atoms with Gasteiger partial charge in [0, 0.05) is 18.6 Å². The summed E-state index contributed by atoms with van der Waals surface area (Å²) in [5.41, 5.74) is -0.375. The number of hydrogen-bond acceptors (Lipinski definition) is 4. The summed E-state index contributed by atoms with van der Waals surface area (Å²) in [5.74, 6) is -0.948. The van der Waals surface area contributed by atoms with Crippen molar-refractivity contribution in [1.82, 2.24) is 9.80 Å². The zero-order chi connectivity index (χ0) is 14.6.